The Morgan fingerprint density at radius 3 is 2.50 bits per heavy atom. The van der Waals surface area contributed by atoms with Crippen LogP contribution in [-0.2, 0) is 14.3 Å². The first-order valence-electron chi connectivity index (χ1n) is 6.98. The molecule has 0 fully saturated rings. The summed E-state index contributed by atoms with van der Waals surface area (Å²) in [6, 6.07) is 6.73. The molecule has 0 unspecified atom stereocenters. The second-order valence-electron chi connectivity index (χ2n) is 4.77. The van der Waals surface area contributed by atoms with Gasteiger partial charge in [-0.3, -0.25) is 14.4 Å². The zero-order chi connectivity index (χ0) is 17.5. The first-order valence-corrected chi connectivity index (χ1v) is 8.59. The van der Waals surface area contributed by atoms with Crippen molar-refractivity contribution in [2.45, 2.75) is 19.8 Å². The third kappa shape index (κ3) is 5.82. The van der Waals surface area contributed by atoms with Crippen LogP contribution in [0.15, 0.2) is 28.7 Å². The fraction of sp³-hybridized carbons (Fsp3) is 0.267. The van der Waals surface area contributed by atoms with Crippen LogP contribution in [0.5, 0.6) is 0 Å². The first kappa shape index (κ1) is 18.2. The lowest BCUT2D eigenvalue weighted by molar-refractivity contribution is -0.143. The van der Waals surface area contributed by atoms with Crippen LogP contribution in [-0.4, -0.2) is 34.5 Å². The van der Waals surface area contributed by atoms with Crippen molar-refractivity contribution in [3.05, 3.63) is 39.3 Å². The van der Waals surface area contributed by atoms with Crippen LogP contribution in [0.1, 0.15) is 28.2 Å². The molecule has 24 heavy (non-hydrogen) atoms. The van der Waals surface area contributed by atoms with Gasteiger partial charge in [-0.25, -0.2) is 0 Å². The number of halogens is 1. The van der Waals surface area contributed by atoms with Gasteiger partial charge in [-0.15, -0.1) is 10.2 Å². The van der Waals surface area contributed by atoms with Gasteiger partial charge >= 0.3 is 5.97 Å². The van der Waals surface area contributed by atoms with Crippen LogP contribution >= 0.6 is 27.3 Å². The largest absolute Gasteiger partial charge is 0.457 e. The molecule has 1 aromatic carbocycles. The highest BCUT2D eigenvalue weighted by molar-refractivity contribution is 9.10. The normalized spacial score (nSPS) is 10.2. The Kier molecular flexibility index (Phi) is 6.56. The smallest absolute Gasteiger partial charge is 0.306 e. The van der Waals surface area contributed by atoms with Crippen molar-refractivity contribution in [2.24, 2.45) is 0 Å². The maximum Gasteiger partial charge on any atom is 0.306 e. The maximum atomic E-state index is 11.9. The van der Waals surface area contributed by atoms with E-state index in [0.717, 1.165) is 9.48 Å². The highest BCUT2D eigenvalue weighted by Gasteiger charge is 2.13. The molecule has 0 saturated heterocycles. The van der Waals surface area contributed by atoms with Gasteiger partial charge in [0.1, 0.15) is 5.01 Å². The van der Waals surface area contributed by atoms with Crippen molar-refractivity contribution in [1.82, 2.24) is 10.2 Å². The van der Waals surface area contributed by atoms with Gasteiger partial charge in [0.05, 0.1) is 6.42 Å². The summed E-state index contributed by atoms with van der Waals surface area (Å²) in [5.74, 6) is -1.27. The van der Waals surface area contributed by atoms with Crippen molar-refractivity contribution >= 4 is 50.1 Å². The van der Waals surface area contributed by atoms with Gasteiger partial charge in [0.15, 0.2) is 12.4 Å². The standard InChI is InChI=1S/C15H14BrN3O4S/c1-9-18-19-15(24-9)17-13(21)6-7-14(22)23-8-12(20)10-2-4-11(16)5-3-10/h2-5H,6-8H2,1H3,(H,17,19,21). The molecule has 1 heterocycles. The molecule has 0 spiro atoms. The number of hydrogen-bond donors (Lipinski definition) is 1. The number of aromatic nitrogens is 2. The van der Waals surface area contributed by atoms with E-state index < -0.39 is 5.97 Å². The quantitative estimate of drug-likeness (QED) is 0.555. The van der Waals surface area contributed by atoms with Crippen LogP contribution in [0.25, 0.3) is 0 Å². The molecule has 0 radical (unpaired) electrons. The lowest BCUT2D eigenvalue weighted by Crippen LogP contribution is -2.17. The fourth-order valence-corrected chi connectivity index (χ4v) is 2.55. The number of rotatable bonds is 7. The molecule has 0 aliphatic heterocycles. The number of esters is 1. The number of nitrogens with one attached hydrogen (secondary N) is 1. The highest BCUT2D eigenvalue weighted by atomic mass is 79.9. The Labute approximate surface area is 150 Å². The molecule has 126 valence electrons. The minimum absolute atomic E-state index is 0.0517. The summed E-state index contributed by atoms with van der Waals surface area (Å²) < 4.78 is 5.74. The number of amides is 1. The number of carbonyl (C=O) groups excluding carboxylic acids is 3. The average Bonchev–Trinajstić information content (AvgIpc) is 2.96. The number of carbonyl (C=O) groups is 3. The molecule has 2 aromatic rings. The van der Waals surface area contributed by atoms with Crippen LogP contribution < -0.4 is 5.32 Å². The van der Waals surface area contributed by atoms with Crippen LogP contribution in [0.4, 0.5) is 5.13 Å². The van der Waals surface area contributed by atoms with Gasteiger partial charge in [0, 0.05) is 16.5 Å². The molecule has 1 aromatic heterocycles. The Balaban J connectivity index is 1.70. The van der Waals surface area contributed by atoms with E-state index in [1.165, 1.54) is 11.3 Å². The summed E-state index contributed by atoms with van der Waals surface area (Å²) in [6.45, 7) is 1.42. The van der Waals surface area contributed by atoms with Crippen LogP contribution in [0, 0.1) is 6.92 Å². The molecule has 1 amide bonds. The van der Waals surface area contributed by atoms with Crippen molar-refractivity contribution in [2.75, 3.05) is 11.9 Å². The molecule has 0 saturated carbocycles. The monoisotopic (exact) mass is 411 g/mol. The molecule has 9 heteroatoms. The second-order valence-corrected chi connectivity index (χ2v) is 6.86. The lowest BCUT2D eigenvalue weighted by atomic mass is 10.1. The van der Waals surface area contributed by atoms with Gasteiger partial charge in [0.2, 0.25) is 11.0 Å². The zero-order valence-electron chi connectivity index (χ0n) is 12.7. The van der Waals surface area contributed by atoms with Gasteiger partial charge < -0.3 is 10.1 Å². The summed E-state index contributed by atoms with van der Waals surface area (Å²) in [5, 5.41) is 11.2. The summed E-state index contributed by atoms with van der Waals surface area (Å²) in [7, 11) is 0. The number of hydrogen-bond acceptors (Lipinski definition) is 7. The summed E-state index contributed by atoms with van der Waals surface area (Å²) in [5.41, 5.74) is 0.454. The van der Waals surface area contributed by atoms with E-state index in [0.29, 0.717) is 10.7 Å². The Bertz CT molecular complexity index is 745. The highest BCUT2D eigenvalue weighted by Crippen LogP contribution is 2.14. The third-order valence-electron chi connectivity index (χ3n) is 2.86. The number of nitrogens with zero attached hydrogens (tertiary/aromatic N) is 2. The van der Waals surface area contributed by atoms with E-state index in [1.54, 1.807) is 31.2 Å². The van der Waals surface area contributed by atoms with E-state index in [9.17, 15) is 14.4 Å². The predicted octanol–water partition coefficient (Wildman–Crippen LogP) is 2.75. The molecular formula is C15H14BrN3O4S. The van der Waals surface area contributed by atoms with Gasteiger partial charge in [-0.05, 0) is 19.1 Å². The van der Waals surface area contributed by atoms with E-state index in [4.69, 9.17) is 4.74 Å². The van der Waals surface area contributed by atoms with E-state index in [2.05, 4.69) is 31.4 Å². The average molecular weight is 412 g/mol. The SMILES string of the molecule is Cc1nnc(NC(=O)CCC(=O)OCC(=O)c2ccc(Br)cc2)s1. The van der Waals surface area contributed by atoms with E-state index in [1.807, 2.05) is 0 Å². The van der Waals surface area contributed by atoms with E-state index in [-0.39, 0.29) is 31.1 Å². The Hall–Kier alpha value is -2.13. The Morgan fingerprint density at radius 2 is 1.88 bits per heavy atom. The fourth-order valence-electron chi connectivity index (χ4n) is 1.68. The van der Waals surface area contributed by atoms with Crippen molar-refractivity contribution in [3.63, 3.8) is 0 Å². The number of Topliss-reactive ketones (excluding diaryl/α,β-unsaturated/α-hetero) is 1. The molecular weight excluding hydrogens is 398 g/mol. The molecule has 7 nitrogen and oxygen atoms in total. The topological polar surface area (TPSA) is 98.2 Å². The minimum atomic E-state index is -0.607. The summed E-state index contributed by atoms with van der Waals surface area (Å²) in [4.78, 5) is 35.1. The summed E-state index contributed by atoms with van der Waals surface area (Å²) >= 11 is 4.52. The van der Waals surface area contributed by atoms with Crippen molar-refractivity contribution < 1.29 is 19.1 Å². The maximum absolute atomic E-state index is 11.9. The Morgan fingerprint density at radius 1 is 1.17 bits per heavy atom. The molecule has 0 bridgehead atoms. The number of ketones is 1. The second kappa shape index (κ2) is 8.65. The van der Waals surface area contributed by atoms with Gasteiger partial charge in [0.25, 0.3) is 0 Å². The molecule has 0 aliphatic rings. The number of anilines is 1. The van der Waals surface area contributed by atoms with Crippen LogP contribution in [0.2, 0.25) is 0 Å². The van der Waals surface area contributed by atoms with Crippen LogP contribution in [0.3, 0.4) is 0 Å². The molecule has 0 atom stereocenters. The molecule has 2 rings (SSSR count). The summed E-state index contributed by atoms with van der Waals surface area (Å²) in [6.07, 6.45) is -0.166. The third-order valence-corrected chi connectivity index (χ3v) is 4.14. The predicted molar refractivity (Wildman–Crippen MR) is 91.9 cm³/mol. The first-order chi connectivity index (χ1) is 11.4. The molecule has 0 aliphatic carbocycles. The van der Waals surface area contributed by atoms with E-state index >= 15 is 0 Å². The lowest BCUT2D eigenvalue weighted by Gasteiger charge is -2.04. The zero-order valence-corrected chi connectivity index (χ0v) is 15.1. The molecule has 1 N–H and O–H groups in total. The van der Waals surface area contributed by atoms with Gasteiger partial charge in [-0.1, -0.05) is 39.4 Å². The van der Waals surface area contributed by atoms with Crippen molar-refractivity contribution in [3.8, 4) is 0 Å². The van der Waals surface area contributed by atoms with Crippen molar-refractivity contribution in [1.29, 1.82) is 0 Å². The minimum Gasteiger partial charge on any atom is -0.457 e. The number of aryl methyl sites for hydroxylation is 1. The number of ether oxygens (including phenoxy) is 1. The van der Waals surface area contributed by atoms with Gasteiger partial charge in [-0.2, -0.15) is 0 Å². The number of benzene rings is 1.